The van der Waals surface area contributed by atoms with Crippen LogP contribution >= 0.6 is 0 Å². The van der Waals surface area contributed by atoms with Crippen molar-refractivity contribution in [2.24, 2.45) is 11.8 Å². The fourth-order valence-corrected chi connectivity index (χ4v) is 1.87. The van der Waals surface area contributed by atoms with E-state index in [1.165, 1.54) is 6.42 Å². The molecule has 2 unspecified atom stereocenters. The summed E-state index contributed by atoms with van der Waals surface area (Å²) in [6.07, 6.45) is 3.73. The van der Waals surface area contributed by atoms with Gasteiger partial charge in [-0.05, 0) is 31.1 Å². The highest BCUT2D eigenvalue weighted by Gasteiger charge is 2.29. The minimum absolute atomic E-state index is 0.315. The number of rotatable bonds is 5. The molecule has 1 fully saturated rings. The van der Waals surface area contributed by atoms with E-state index < -0.39 is 0 Å². The normalized spacial score (nSPS) is 25.5. The van der Waals surface area contributed by atoms with Crippen LogP contribution < -0.4 is 0 Å². The first-order valence-electron chi connectivity index (χ1n) is 4.98. The second kappa shape index (κ2) is 4.83. The van der Waals surface area contributed by atoms with Crippen molar-refractivity contribution in [2.45, 2.75) is 39.2 Å². The molecule has 1 rings (SSSR count). The Labute approximate surface area is 74.9 Å². The van der Waals surface area contributed by atoms with Gasteiger partial charge in [-0.3, -0.25) is 0 Å². The first-order chi connectivity index (χ1) is 5.75. The maximum absolute atomic E-state index is 8.73. The molecule has 1 aliphatic rings. The maximum Gasteiger partial charge on any atom is 0.0627 e. The molecule has 0 aromatic carbocycles. The Morgan fingerprint density at radius 1 is 1.50 bits per heavy atom. The van der Waals surface area contributed by atoms with E-state index in [4.69, 9.17) is 9.84 Å². The summed E-state index contributed by atoms with van der Waals surface area (Å²) < 4.78 is 5.47. The second-order valence-electron chi connectivity index (χ2n) is 3.97. The number of hydrogen-bond acceptors (Lipinski definition) is 2. The van der Waals surface area contributed by atoms with Crippen LogP contribution in [0, 0.1) is 11.8 Å². The van der Waals surface area contributed by atoms with Gasteiger partial charge in [0, 0.05) is 13.2 Å². The van der Waals surface area contributed by atoms with Crippen molar-refractivity contribution in [3.63, 3.8) is 0 Å². The van der Waals surface area contributed by atoms with Gasteiger partial charge in [-0.1, -0.05) is 13.8 Å². The third-order valence-corrected chi connectivity index (χ3v) is 2.76. The summed E-state index contributed by atoms with van der Waals surface area (Å²) in [7, 11) is 0. The molecular formula is C10H20O2. The van der Waals surface area contributed by atoms with Crippen molar-refractivity contribution < 1.29 is 9.84 Å². The third-order valence-electron chi connectivity index (χ3n) is 2.76. The molecule has 1 aliphatic heterocycles. The molecule has 2 nitrogen and oxygen atoms in total. The molecular weight excluding hydrogens is 152 g/mol. The molecule has 0 aromatic rings. The Kier molecular flexibility index (Phi) is 4.02. The summed E-state index contributed by atoms with van der Waals surface area (Å²) in [5, 5.41) is 8.73. The third kappa shape index (κ3) is 2.46. The van der Waals surface area contributed by atoms with E-state index in [1.54, 1.807) is 0 Å². The lowest BCUT2D eigenvalue weighted by Crippen LogP contribution is -2.37. The molecule has 1 saturated heterocycles. The zero-order valence-electron chi connectivity index (χ0n) is 8.12. The number of aliphatic hydroxyl groups excluding tert-OH is 1. The van der Waals surface area contributed by atoms with Crippen LogP contribution in [0.3, 0.4) is 0 Å². The van der Waals surface area contributed by atoms with E-state index in [0.29, 0.717) is 24.5 Å². The summed E-state index contributed by atoms with van der Waals surface area (Å²) >= 11 is 0. The molecule has 12 heavy (non-hydrogen) atoms. The first-order valence-corrected chi connectivity index (χ1v) is 4.98. The summed E-state index contributed by atoms with van der Waals surface area (Å²) in [5.74, 6) is 1.34. The van der Waals surface area contributed by atoms with Gasteiger partial charge in [0.2, 0.25) is 0 Å². The van der Waals surface area contributed by atoms with Crippen LogP contribution in [0.15, 0.2) is 0 Å². The van der Waals surface area contributed by atoms with E-state index >= 15 is 0 Å². The highest BCUT2D eigenvalue weighted by Crippen LogP contribution is 2.29. The Balaban J connectivity index is 2.27. The molecule has 0 bridgehead atoms. The van der Waals surface area contributed by atoms with E-state index in [0.717, 1.165) is 19.4 Å². The number of hydrogen-bond donors (Lipinski definition) is 1. The molecule has 0 radical (unpaired) electrons. The standard InChI is InChI=1S/C10H20O2/c1-8(2)9(4-3-6-11)10-5-7-12-10/h8-11H,3-7H2,1-2H3. The summed E-state index contributed by atoms with van der Waals surface area (Å²) in [6.45, 7) is 5.73. The first kappa shape index (κ1) is 10.0. The lowest BCUT2D eigenvalue weighted by molar-refractivity contribution is -0.0978. The molecule has 2 heteroatoms. The van der Waals surface area contributed by atoms with Gasteiger partial charge in [0.05, 0.1) is 6.10 Å². The molecule has 0 spiro atoms. The van der Waals surface area contributed by atoms with Crippen molar-refractivity contribution in [1.82, 2.24) is 0 Å². The maximum atomic E-state index is 8.73. The van der Waals surface area contributed by atoms with Crippen LogP contribution in [0.2, 0.25) is 0 Å². The monoisotopic (exact) mass is 172 g/mol. The lowest BCUT2D eigenvalue weighted by Gasteiger charge is -2.36. The van der Waals surface area contributed by atoms with Gasteiger partial charge in [0.15, 0.2) is 0 Å². The van der Waals surface area contributed by atoms with Crippen molar-refractivity contribution in [2.75, 3.05) is 13.2 Å². The Morgan fingerprint density at radius 3 is 2.50 bits per heavy atom. The Morgan fingerprint density at radius 2 is 2.17 bits per heavy atom. The van der Waals surface area contributed by atoms with Crippen molar-refractivity contribution in [1.29, 1.82) is 0 Å². The molecule has 72 valence electrons. The van der Waals surface area contributed by atoms with Crippen LogP contribution in [0.25, 0.3) is 0 Å². The predicted molar refractivity (Wildman–Crippen MR) is 49.0 cm³/mol. The van der Waals surface area contributed by atoms with Crippen molar-refractivity contribution in [3.05, 3.63) is 0 Å². The van der Waals surface area contributed by atoms with Crippen LogP contribution in [0.1, 0.15) is 33.1 Å². The number of aliphatic hydroxyl groups is 1. The van der Waals surface area contributed by atoms with Crippen LogP contribution in [-0.2, 0) is 4.74 Å². The average Bonchev–Trinajstić information content (AvgIpc) is 1.93. The molecule has 1 N–H and O–H groups in total. The fourth-order valence-electron chi connectivity index (χ4n) is 1.87. The average molecular weight is 172 g/mol. The van der Waals surface area contributed by atoms with E-state index in [9.17, 15) is 0 Å². The minimum atomic E-state index is 0.315. The summed E-state index contributed by atoms with van der Waals surface area (Å²) in [4.78, 5) is 0. The van der Waals surface area contributed by atoms with Gasteiger partial charge in [-0.2, -0.15) is 0 Å². The molecule has 0 amide bonds. The zero-order chi connectivity index (χ0) is 8.97. The Hall–Kier alpha value is -0.0800. The zero-order valence-corrected chi connectivity index (χ0v) is 8.12. The van der Waals surface area contributed by atoms with Crippen molar-refractivity contribution in [3.8, 4) is 0 Å². The van der Waals surface area contributed by atoms with E-state index in [2.05, 4.69) is 13.8 Å². The summed E-state index contributed by atoms with van der Waals surface area (Å²) in [5.41, 5.74) is 0. The van der Waals surface area contributed by atoms with Gasteiger partial charge >= 0.3 is 0 Å². The number of ether oxygens (including phenoxy) is 1. The molecule has 1 heterocycles. The van der Waals surface area contributed by atoms with Crippen molar-refractivity contribution >= 4 is 0 Å². The molecule has 0 saturated carbocycles. The quantitative estimate of drug-likeness (QED) is 0.685. The Bertz CT molecular complexity index is 119. The van der Waals surface area contributed by atoms with Crippen LogP contribution in [0.4, 0.5) is 0 Å². The minimum Gasteiger partial charge on any atom is -0.396 e. The smallest absolute Gasteiger partial charge is 0.0627 e. The molecule has 0 aromatic heterocycles. The van der Waals surface area contributed by atoms with Gasteiger partial charge in [0.1, 0.15) is 0 Å². The fraction of sp³-hybridized carbons (Fsp3) is 1.00. The largest absolute Gasteiger partial charge is 0.396 e. The molecule has 2 atom stereocenters. The van der Waals surface area contributed by atoms with E-state index in [-0.39, 0.29) is 0 Å². The topological polar surface area (TPSA) is 29.5 Å². The van der Waals surface area contributed by atoms with Gasteiger partial charge in [-0.15, -0.1) is 0 Å². The van der Waals surface area contributed by atoms with E-state index in [1.807, 2.05) is 0 Å². The SMILES string of the molecule is CC(C)C(CCCO)C1CCO1. The lowest BCUT2D eigenvalue weighted by atomic mass is 9.83. The highest BCUT2D eigenvalue weighted by molar-refractivity contribution is 4.78. The predicted octanol–water partition coefficient (Wildman–Crippen LogP) is 1.82. The molecule has 0 aliphatic carbocycles. The summed E-state index contributed by atoms with van der Waals surface area (Å²) in [6, 6.07) is 0. The van der Waals surface area contributed by atoms with Gasteiger partial charge in [0.25, 0.3) is 0 Å². The van der Waals surface area contributed by atoms with Crippen LogP contribution in [-0.4, -0.2) is 24.4 Å². The van der Waals surface area contributed by atoms with Crippen LogP contribution in [0.5, 0.6) is 0 Å². The second-order valence-corrected chi connectivity index (χ2v) is 3.97. The van der Waals surface area contributed by atoms with Gasteiger partial charge in [-0.25, -0.2) is 0 Å². The highest BCUT2D eigenvalue weighted by atomic mass is 16.5. The van der Waals surface area contributed by atoms with Gasteiger partial charge < -0.3 is 9.84 Å².